The Bertz CT molecular complexity index is 1110. The Balaban J connectivity index is 1.46. The van der Waals surface area contributed by atoms with E-state index in [0.29, 0.717) is 12.8 Å². The maximum Gasteiger partial charge on any atom is 0.224 e. The predicted octanol–water partition coefficient (Wildman–Crippen LogP) is 4.35. The summed E-state index contributed by atoms with van der Waals surface area (Å²) in [5.74, 6) is -0.00766. The number of hydrogen-bond donors (Lipinski definition) is 2. The van der Waals surface area contributed by atoms with Gasteiger partial charge in [-0.3, -0.25) is 9.78 Å². The molecule has 0 aliphatic carbocycles. The quantitative estimate of drug-likeness (QED) is 0.557. The normalized spacial score (nSPS) is 11.0. The lowest BCUT2D eigenvalue weighted by Gasteiger charge is -2.14. The molecule has 5 nitrogen and oxygen atoms in total. The van der Waals surface area contributed by atoms with E-state index in [4.69, 9.17) is 0 Å². The summed E-state index contributed by atoms with van der Waals surface area (Å²) in [5, 5.41) is 5.30. The minimum Gasteiger partial charge on any atom is -0.378 e. The van der Waals surface area contributed by atoms with Crippen LogP contribution in [0, 0.1) is 0 Å². The van der Waals surface area contributed by atoms with Crippen LogP contribution in [0.5, 0.6) is 0 Å². The minimum atomic E-state index is -0.00766. The van der Waals surface area contributed by atoms with Crippen molar-refractivity contribution in [2.24, 2.45) is 0 Å². The van der Waals surface area contributed by atoms with Gasteiger partial charge in [0, 0.05) is 53.9 Å². The van der Waals surface area contributed by atoms with Crippen molar-refractivity contribution in [3.8, 4) is 0 Å². The van der Waals surface area contributed by atoms with Gasteiger partial charge in [0.15, 0.2) is 0 Å². The number of hydrogen-bond acceptors (Lipinski definition) is 3. The standard InChI is InChI=1S/C22H22N4O/c1-26(2)17-7-5-6-16(12-17)24-22(27)11-10-15-13-19-18-8-3-4-9-20(18)25-21(19)14-23-15/h3-9,12-14,25H,10-11H2,1-2H3,(H,24,27). The van der Waals surface area contributed by atoms with E-state index in [1.807, 2.05) is 61.6 Å². The Labute approximate surface area is 158 Å². The van der Waals surface area contributed by atoms with E-state index in [2.05, 4.69) is 33.5 Å². The summed E-state index contributed by atoms with van der Waals surface area (Å²) < 4.78 is 0. The van der Waals surface area contributed by atoms with Crippen LogP contribution in [0.25, 0.3) is 21.8 Å². The first-order valence-corrected chi connectivity index (χ1v) is 9.03. The van der Waals surface area contributed by atoms with E-state index in [1.165, 1.54) is 5.39 Å². The summed E-state index contributed by atoms with van der Waals surface area (Å²) in [4.78, 5) is 22.2. The number of nitrogens with one attached hydrogen (secondary N) is 2. The first-order valence-electron chi connectivity index (χ1n) is 9.03. The van der Waals surface area contributed by atoms with Crippen LogP contribution >= 0.6 is 0 Å². The first-order chi connectivity index (χ1) is 13.1. The lowest BCUT2D eigenvalue weighted by atomic mass is 10.1. The van der Waals surface area contributed by atoms with Crippen LogP contribution in [-0.2, 0) is 11.2 Å². The molecule has 0 fully saturated rings. The van der Waals surface area contributed by atoms with E-state index < -0.39 is 0 Å². The lowest BCUT2D eigenvalue weighted by Crippen LogP contribution is -2.14. The number of aromatic nitrogens is 2. The van der Waals surface area contributed by atoms with Gasteiger partial charge >= 0.3 is 0 Å². The van der Waals surface area contributed by atoms with Crippen LogP contribution < -0.4 is 10.2 Å². The third-order valence-electron chi connectivity index (χ3n) is 4.70. The Morgan fingerprint density at radius 1 is 1.04 bits per heavy atom. The number of fused-ring (bicyclic) bond motifs is 3. The maximum absolute atomic E-state index is 12.3. The molecule has 27 heavy (non-hydrogen) atoms. The molecule has 1 amide bonds. The second kappa shape index (κ2) is 7.11. The minimum absolute atomic E-state index is 0.00766. The highest BCUT2D eigenvalue weighted by Gasteiger charge is 2.08. The van der Waals surface area contributed by atoms with Gasteiger partial charge in [-0.25, -0.2) is 0 Å². The van der Waals surface area contributed by atoms with E-state index in [-0.39, 0.29) is 5.91 Å². The molecule has 2 heterocycles. The first kappa shape index (κ1) is 17.1. The van der Waals surface area contributed by atoms with Gasteiger partial charge in [-0.2, -0.15) is 0 Å². The molecule has 0 aliphatic rings. The average molecular weight is 358 g/mol. The molecule has 0 aliphatic heterocycles. The van der Waals surface area contributed by atoms with Gasteiger partial charge < -0.3 is 15.2 Å². The summed E-state index contributed by atoms with van der Waals surface area (Å²) in [6, 6.07) is 18.1. The number of rotatable bonds is 5. The maximum atomic E-state index is 12.3. The molecule has 0 saturated heterocycles. The highest BCUT2D eigenvalue weighted by molar-refractivity contribution is 6.07. The average Bonchev–Trinajstić information content (AvgIpc) is 3.04. The van der Waals surface area contributed by atoms with Crippen molar-refractivity contribution in [2.45, 2.75) is 12.8 Å². The molecular formula is C22H22N4O. The van der Waals surface area contributed by atoms with Crippen LogP contribution in [-0.4, -0.2) is 30.0 Å². The number of aromatic amines is 1. The fraction of sp³-hybridized carbons (Fsp3) is 0.182. The monoisotopic (exact) mass is 358 g/mol. The van der Waals surface area contributed by atoms with E-state index in [0.717, 1.165) is 33.5 Å². The number of amides is 1. The number of para-hydroxylation sites is 1. The smallest absolute Gasteiger partial charge is 0.224 e. The highest BCUT2D eigenvalue weighted by atomic mass is 16.1. The number of pyridine rings is 1. The Hall–Kier alpha value is -3.34. The largest absolute Gasteiger partial charge is 0.378 e. The summed E-state index contributed by atoms with van der Waals surface area (Å²) in [6.45, 7) is 0. The van der Waals surface area contributed by atoms with Gasteiger partial charge in [-0.1, -0.05) is 24.3 Å². The number of H-pyrrole nitrogens is 1. The lowest BCUT2D eigenvalue weighted by molar-refractivity contribution is -0.116. The SMILES string of the molecule is CN(C)c1cccc(NC(=O)CCc2cc3c(cn2)[nH]c2ccccc23)c1. The van der Waals surface area contributed by atoms with Gasteiger partial charge in [0.05, 0.1) is 11.7 Å². The van der Waals surface area contributed by atoms with Crippen LogP contribution in [0.1, 0.15) is 12.1 Å². The molecule has 0 spiro atoms. The van der Waals surface area contributed by atoms with Gasteiger partial charge in [-0.15, -0.1) is 0 Å². The highest BCUT2D eigenvalue weighted by Crippen LogP contribution is 2.25. The number of benzene rings is 2. The van der Waals surface area contributed by atoms with Gasteiger partial charge in [0.2, 0.25) is 5.91 Å². The molecule has 136 valence electrons. The van der Waals surface area contributed by atoms with Crippen LogP contribution in [0.2, 0.25) is 0 Å². The van der Waals surface area contributed by atoms with Gasteiger partial charge in [0.1, 0.15) is 0 Å². The summed E-state index contributed by atoms with van der Waals surface area (Å²) in [7, 11) is 3.96. The Morgan fingerprint density at radius 2 is 1.89 bits per heavy atom. The molecule has 4 aromatic rings. The van der Waals surface area contributed by atoms with Crippen molar-refractivity contribution >= 4 is 39.1 Å². The fourth-order valence-corrected chi connectivity index (χ4v) is 3.26. The van der Waals surface area contributed by atoms with Crippen molar-refractivity contribution in [3.05, 3.63) is 66.5 Å². The van der Waals surface area contributed by atoms with Crippen LogP contribution in [0.15, 0.2) is 60.8 Å². The molecule has 0 saturated carbocycles. The third-order valence-corrected chi connectivity index (χ3v) is 4.70. The molecule has 0 bridgehead atoms. The zero-order chi connectivity index (χ0) is 18.8. The zero-order valence-corrected chi connectivity index (χ0v) is 15.5. The summed E-state index contributed by atoms with van der Waals surface area (Å²) >= 11 is 0. The van der Waals surface area contributed by atoms with Gasteiger partial charge in [0.25, 0.3) is 0 Å². The second-order valence-electron chi connectivity index (χ2n) is 6.88. The summed E-state index contributed by atoms with van der Waals surface area (Å²) in [6.07, 6.45) is 2.85. The van der Waals surface area contributed by atoms with Crippen molar-refractivity contribution in [2.75, 3.05) is 24.3 Å². The number of aryl methyl sites for hydroxylation is 1. The van der Waals surface area contributed by atoms with Crippen molar-refractivity contribution in [1.29, 1.82) is 0 Å². The molecular weight excluding hydrogens is 336 g/mol. The number of carbonyl (C=O) groups is 1. The number of nitrogens with zero attached hydrogens (tertiary/aromatic N) is 2. The molecule has 4 rings (SSSR count). The van der Waals surface area contributed by atoms with Crippen LogP contribution in [0.3, 0.4) is 0 Å². The third kappa shape index (κ3) is 3.62. The van der Waals surface area contributed by atoms with Crippen molar-refractivity contribution < 1.29 is 4.79 Å². The molecule has 2 aromatic heterocycles. The zero-order valence-electron chi connectivity index (χ0n) is 15.5. The second-order valence-corrected chi connectivity index (χ2v) is 6.88. The number of carbonyl (C=O) groups excluding carboxylic acids is 1. The summed E-state index contributed by atoms with van der Waals surface area (Å²) in [5.41, 5.74) is 4.91. The molecule has 2 aromatic carbocycles. The Kier molecular flexibility index (Phi) is 4.50. The van der Waals surface area contributed by atoms with E-state index in [9.17, 15) is 4.79 Å². The molecule has 2 N–H and O–H groups in total. The number of anilines is 2. The predicted molar refractivity (Wildman–Crippen MR) is 111 cm³/mol. The van der Waals surface area contributed by atoms with Gasteiger partial charge in [-0.05, 0) is 36.8 Å². The Morgan fingerprint density at radius 3 is 2.74 bits per heavy atom. The van der Waals surface area contributed by atoms with Crippen molar-refractivity contribution in [3.63, 3.8) is 0 Å². The fourth-order valence-electron chi connectivity index (χ4n) is 3.26. The van der Waals surface area contributed by atoms with E-state index in [1.54, 1.807) is 0 Å². The molecule has 5 heteroatoms. The van der Waals surface area contributed by atoms with Crippen LogP contribution in [0.4, 0.5) is 11.4 Å². The van der Waals surface area contributed by atoms with E-state index >= 15 is 0 Å². The molecule has 0 atom stereocenters. The van der Waals surface area contributed by atoms with Crippen molar-refractivity contribution in [1.82, 2.24) is 9.97 Å². The topological polar surface area (TPSA) is 61.0 Å². The molecule has 0 unspecified atom stereocenters. The molecule has 0 radical (unpaired) electrons.